The van der Waals surface area contributed by atoms with Crippen molar-refractivity contribution in [3.8, 4) is 156 Å². The van der Waals surface area contributed by atoms with Crippen LogP contribution in [0.2, 0.25) is 0 Å². The van der Waals surface area contributed by atoms with E-state index in [1.165, 1.54) is 156 Å². The van der Waals surface area contributed by atoms with Crippen LogP contribution in [0.5, 0.6) is 0 Å². The summed E-state index contributed by atoms with van der Waals surface area (Å²) in [5.74, 6) is 0. The van der Waals surface area contributed by atoms with E-state index in [9.17, 15) is 0 Å². The van der Waals surface area contributed by atoms with Crippen molar-refractivity contribution in [2.45, 2.75) is 5.41 Å². The zero-order valence-electron chi connectivity index (χ0n) is 53.5. The van der Waals surface area contributed by atoms with Crippen LogP contribution >= 0.6 is 0 Å². The molecular weight excluding hydrogens is 1170 g/mol. The molecule has 0 aliphatic heterocycles. The molecule has 0 heteroatoms. The minimum absolute atomic E-state index is 0.916. The Hall–Kier alpha value is -12.5. The van der Waals surface area contributed by atoms with E-state index in [0.29, 0.717) is 0 Å². The van der Waals surface area contributed by atoms with Crippen molar-refractivity contribution < 1.29 is 0 Å². The van der Waals surface area contributed by atoms with Gasteiger partial charge in [-0.15, -0.1) is 0 Å². The van der Waals surface area contributed by atoms with Gasteiger partial charge in [0.25, 0.3) is 0 Å². The zero-order chi connectivity index (χ0) is 64.2. The molecule has 1 spiro atoms. The predicted molar refractivity (Wildman–Crippen MR) is 408 cm³/mol. The van der Waals surface area contributed by atoms with Crippen molar-refractivity contribution in [1.29, 1.82) is 0 Å². The molecule has 97 heavy (non-hydrogen) atoms. The Bertz CT molecular complexity index is 5320. The summed E-state index contributed by atoms with van der Waals surface area (Å²) in [4.78, 5) is 0. The highest BCUT2D eigenvalue weighted by Gasteiger charge is 2.55. The third-order valence-electron chi connectivity index (χ3n) is 20.4. The first kappa shape index (κ1) is 57.2. The van der Waals surface area contributed by atoms with Gasteiger partial charge < -0.3 is 0 Å². The first-order valence-electron chi connectivity index (χ1n) is 33.7. The Labute approximate surface area is 568 Å². The van der Waals surface area contributed by atoms with Gasteiger partial charge in [-0.2, -0.15) is 0 Å². The average Bonchev–Trinajstić information content (AvgIpc) is 1.50. The number of hydrogen-bond donors (Lipinski definition) is 0. The summed E-state index contributed by atoms with van der Waals surface area (Å²) in [5, 5.41) is 0. The normalized spacial score (nSPS) is 12.2. The molecule has 0 fully saturated rings. The molecule has 0 nitrogen and oxygen atoms in total. The molecule has 0 heterocycles. The number of benzene rings is 16. The smallest absolute Gasteiger partial charge is 0.0622 e. The lowest BCUT2D eigenvalue weighted by Gasteiger charge is -2.36. The summed E-state index contributed by atoms with van der Waals surface area (Å²) in [5.41, 5.74) is 37.3. The number of hydrogen-bond acceptors (Lipinski definition) is 0. The Balaban J connectivity index is 1.02. The van der Waals surface area contributed by atoms with Crippen molar-refractivity contribution in [3.63, 3.8) is 0 Å². The van der Waals surface area contributed by atoms with Gasteiger partial charge in [0.05, 0.1) is 5.41 Å². The summed E-state index contributed by atoms with van der Waals surface area (Å²) >= 11 is 0. The Kier molecular flexibility index (Phi) is 14.2. The molecule has 2 aliphatic carbocycles. The lowest BCUT2D eigenvalue weighted by atomic mass is 9.64. The largest absolute Gasteiger partial charge is 0.0737 e. The molecule has 16 aromatic carbocycles. The molecule has 452 valence electrons. The minimum Gasteiger partial charge on any atom is -0.0622 e. The van der Waals surface area contributed by atoms with Gasteiger partial charge in [-0.05, 0) is 178 Å². The molecule has 0 saturated heterocycles. The van der Waals surface area contributed by atoms with E-state index < -0.39 is 5.41 Å². The molecule has 0 saturated carbocycles. The van der Waals surface area contributed by atoms with Crippen LogP contribution in [0.15, 0.2) is 388 Å². The zero-order valence-corrected chi connectivity index (χ0v) is 53.5. The highest BCUT2D eigenvalue weighted by atomic mass is 14.6. The Morgan fingerprint density at radius 2 is 0.289 bits per heavy atom. The molecule has 0 atom stereocenters. The third kappa shape index (κ3) is 9.36. The first-order chi connectivity index (χ1) is 48.2. The van der Waals surface area contributed by atoms with E-state index in [1.54, 1.807) is 0 Å². The molecule has 0 radical (unpaired) electrons. The second kappa shape index (κ2) is 24.1. The highest BCUT2D eigenvalue weighted by molar-refractivity contribution is 6.12. The van der Waals surface area contributed by atoms with Gasteiger partial charge >= 0.3 is 0 Å². The van der Waals surface area contributed by atoms with Crippen LogP contribution in [-0.4, -0.2) is 0 Å². The van der Waals surface area contributed by atoms with Gasteiger partial charge in [0.15, 0.2) is 0 Å². The Morgan fingerprint density at radius 1 is 0.113 bits per heavy atom. The van der Waals surface area contributed by atoms with Gasteiger partial charge in [0.2, 0.25) is 0 Å². The number of rotatable bonds is 12. The average molecular weight is 1230 g/mol. The molecule has 0 unspecified atom stereocenters. The second-order valence-corrected chi connectivity index (χ2v) is 25.5. The standard InChI is InChI=1S/C97H64/c1-5-33-65(34-6-1)69-41-13-17-45-73(69)77-49-21-23-53-81(77)87-61-63-89-83-55-29-31-59-91(83)97(95(89)93(87)85-57-27-25-51-79(85)75-47-19-15-43-71(75)67-37-9-3-10-38-67)92-60-32-30-56-84(92)90-64-62-88(82-54-24-22-50-78(82)74-46-18-14-42-70(74)66-35-7-2-8-36-66)94(96(90)97)86-58-28-26-52-80(86)76-48-20-16-44-72(76)68-39-11-4-12-40-68/h1-64H. The van der Waals surface area contributed by atoms with Crippen molar-refractivity contribution in [2.75, 3.05) is 0 Å². The van der Waals surface area contributed by atoms with E-state index >= 15 is 0 Å². The quantitative estimate of drug-likeness (QED) is 0.114. The van der Waals surface area contributed by atoms with Crippen LogP contribution in [-0.2, 0) is 5.41 Å². The minimum atomic E-state index is -0.916. The lowest BCUT2D eigenvalue weighted by Crippen LogP contribution is -2.28. The van der Waals surface area contributed by atoms with Crippen molar-refractivity contribution in [3.05, 3.63) is 411 Å². The third-order valence-corrected chi connectivity index (χ3v) is 20.4. The molecule has 2 aliphatic rings. The van der Waals surface area contributed by atoms with Crippen LogP contribution in [0.1, 0.15) is 22.3 Å². The van der Waals surface area contributed by atoms with Crippen LogP contribution in [0.3, 0.4) is 0 Å². The summed E-state index contributed by atoms with van der Waals surface area (Å²) < 4.78 is 0. The van der Waals surface area contributed by atoms with E-state index in [0.717, 1.165) is 22.3 Å². The van der Waals surface area contributed by atoms with Crippen molar-refractivity contribution in [1.82, 2.24) is 0 Å². The fourth-order valence-electron chi connectivity index (χ4n) is 16.5. The fraction of sp³-hybridized carbons (Fsp3) is 0.0103. The Morgan fingerprint density at radius 3 is 0.557 bits per heavy atom. The van der Waals surface area contributed by atoms with Gasteiger partial charge in [0.1, 0.15) is 0 Å². The summed E-state index contributed by atoms with van der Waals surface area (Å²) in [6.45, 7) is 0. The van der Waals surface area contributed by atoms with E-state index in [-0.39, 0.29) is 0 Å². The van der Waals surface area contributed by atoms with Gasteiger partial charge in [-0.1, -0.05) is 388 Å². The van der Waals surface area contributed by atoms with Gasteiger partial charge in [0, 0.05) is 0 Å². The SMILES string of the molecule is c1ccc(-c2ccccc2-c2ccccc2-c2ccc3c(c2-c2ccccc2-c2ccccc2-c2ccccc2)C2(c4ccccc4-3)c3ccccc3-c3ccc(-c4ccccc4-c4ccccc4-c4ccccc4)c(-c4ccccc4-c4ccccc4-c4ccccc4)c32)cc1. The summed E-state index contributed by atoms with van der Waals surface area (Å²) in [7, 11) is 0. The highest BCUT2D eigenvalue weighted by Crippen LogP contribution is 2.69. The first-order valence-corrected chi connectivity index (χ1v) is 33.7. The molecule has 0 aromatic heterocycles. The lowest BCUT2D eigenvalue weighted by molar-refractivity contribution is 0.798. The maximum absolute atomic E-state index is 2.48. The van der Waals surface area contributed by atoms with Gasteiger partial charge in [-0.25, -0.2) is 0 Å². The van der Waals surface area contributed by atoms with Crippen LogP contribution in [0, 0.1) is 0 Å². The summed E-state index contributed by atoms with van der Waals surface area (Å²) in [6.07, 6.45) is 0. The molecule has 0 bridgehead atoms. The van der Waals surface area contributed by atoms with Gasteiger partial charge in [-0.3, -0.25) is 0 Å². The van der Waals surface area contributed by atoms with Crippen molar-refractivity contribution in [2.24, 2.45) is 0 Å². The van der Waals surface area contributed by atoms with E-state index in [1.807, 2.05) is 0 Å². The predicted octanol–water partition coefficient (Wildman–Crippen LogP) is 26.0. The molecule has 18 rings (SSSR count). The molecule has 0 amide bonds. The molecular formula is C97H64. The maximum Gasteiger partial charge on any atom is 0.0737 e. The summed E-state index contributed by atoms with van der Waals surface area (Å²) in [6, 6.07) is 145. The van der Waals surface area contributed by atoms with Crippen LogP contribution in [0.4, 0.5) is 0 Å². The monoisotopic (exact) mass is 1230 g/mol. The van der Waals surface area contributed by atoms with E-state index in [4.69, 9.17) is 0 Å². The fourth-order valence-corrected chi connectivity index (χ4v) is 16.5. The topological polar surface area (TPSA) is 0 Å². The number of fused-ring (bicyclic) bond motifs is 10. The molecule has 16 aromatic rings. The van der Waals surface area contributed by atoms with Crippen LogP contribution in [0.25, 0.3) is 156 Å². The maximum atomic E-state index is 2.48. The van der Waals surface area contributed by atoms with E-state index in [2.05, 4.69) is 388 Å². The molecule has 0 N–H and O–H groups in total. The van der Waals surface area contributed by atoms with Crippen molar-refractivity contribution >= 4 is 0 Å². The second-order valence-electron chi connectivity index (χ2n) is 25.5. The van der Waals surface area contributed by atoms with Crippen LogP contribution < -0.4 is 0 Å².